The van der Waals surface area contributed by atoms with E-state index in [4.69, 9.17) is 9.47 Å². The standard InChI is InChI=1S/C31H21NO2/c1-3-12-22(13-4-1)31(23-14-5-2-6-15-23)33-29-21-11-20-28(30(29)34-31)32-26-18-9-7-16-24(26)25-17-8-10-19-27(25)32/h1-21H. The fourth-order valence-corrected chi connectivity index (χ4v) is 5.08. The van der Waals surface area contributed by atoms with Crippen LogP contribution in [0.15, 0.2) is 127 Å². The van der Waals surface area contributed by atoms with Crippen molar-refractivity contribution >= 4 is 21.8 Å². The monoisotopic (exact) mass is 439 g/mol. The lowest BCUT2D eigenvalue weighted by atomic mass is 9.97. The van der Waals surface area contributed by atoms with Gasteiger partial charge in [0.1, 0.15) is 0 Å². The third-order valence-electron chi connectivity index (χ3n) is 6.59. The van der Waals surface area contributed by atoms with E-state index in [1.54, 1.807) is 0 Å². The number of nitrogens with zero attached hydrogens (tertiary/aromatic N) is 1. The molecule has 6 aromatic rings. The second-order valence-electron chi connectivity index (χ2n) is 8.53. The summed E-state index contributed by atoms with van der Waals surface area (Å²) in [5, 5.41) is 2.43. The summed E-state index contributed by atoms with van der Waals surface area (Å²) in [7, 11) is 0. The molecule has 0 fully saturated rings. The summed E-state index contributed by atoms with van der Waals surface area (Å²) in [5.41, 5.74) is 5.13. The van der Waals surface area contributed by atoms with Crippen LogP contribution in [0.3, 0.4) is 0 Å². The summed E-state index contributed by atoms with van der Waals surface area (Å²) in [6, 6.07) is 43.4. The summed E-state index contributed by atoms with van der Waals surface area (Å²) in [6.07, 6.45) is 0. The van der Waals surface area contributed by atoms with Crippen LogP contribution >= 0.6 is 0 Å². The van der Waals surface area contributed by atoms with E-state index in [1.165, 1.54) is 10.8 Å². The van der Waals surface area contributed by atoms with Crippen molar-refractivity contribution < 1.29 is 9.47 Å². The molecule has 0 unspecified atom stereocenters. The van der Waals surface area contributed by atoms with Gasteiger partial charge in [-0.05, 0) is 24.3 Å². The lowest BCUT2D eigenvalue weighted by molar-refractivity contribution is -0.0458. The first kappa shape index (κ1) is 19.0. The zero-order chi connectivity index (χ0) is 22.5. The minimum Gasteiger partial charge on any atom is -0.440 e. The van der Waals surface area contributed by atoms with Crippen molar-refractivity contribution in [3.05, 3.63) is 139 Å². The first-order valence-corrected chi connectivity index (χ1v) is 11.5. The maximum absolute atomic E-state index is 6.88. The van der Waals surface area contributed by atoms with Gasteiger partial charge in [-0.2, -0.15) is 0 Å². The number of rotatable bonds is 3. The molecule has 0 saturated carbocycles. The topological polar surface area (TPSA) is 23.4 Å². The second kappa shape index (κ2) is 7.26. The molecule has 0 atom stereocenters. The summed E-state index contributed by atoms with van der Waals surface area (Å²) in [6.45, 7) is 0. The number of para-hydroxylation sites is 3. The number of benzene rings is 5. The number of aromatic nitrogens is 1. The quantitative estimate of drug-likeness (QED) is 0.286. The molecule has 162 valence electrons. The van der Waals surface area contributed by atoms with Crippen molar-refractivity contribution in [2.24, 2.45) is 0 Å². The van der Waals surface area contributed by atoms with E-state index in [-0.39, 0.29) is 0 Å². The predicted octanol–water partition coefficient (Wildman–Crippen LogP) is 7.46. The van der Waals surface area contributed by atoms with E-state index in [0.29, 0.717) is 0 Å². The lowest BCUT2D eigenvalue weighted by Crippen LogP contribution is -2.36. The van der Waals surface area contributed by atoms with E-state index in [0.717, 1.165) is 39.3 Å². The largest absolute Gasteiger partial charge is 0.440 e. The molecule has 0 spiro atoms. The van der Waals surface area contributed by atoms with E-state index >= 15 is 0 Å². The minimum absolute atomic E-state index is 0.729. The van der Waals surface area contributed by atoms with Crippen molar-refractivity contribution in [3.63, 3.8) is 0 Å². The van der Waals surface area contributed by atoms with Crippen LogP contribution in [0, 0.1) is 0 Å². The van der Waals surface area contributed by atoms with Crippen LogP contribution in [0.4, 0.5) is 0 Å². The van der Waals surface area contributed by atoms with E-state index in [2.05, 4.69) is 83.4 Å². The molecule has 0 saturated heterocycles. The Hall–Kier alpha value is -4.50. The lowest BCUT2D eigenvalue weighted by Gasteiger charge is -2.28. The Morgan fingerprint density at radius 2 is 1.00 bits per heavy atom. The van der Waals surface area contributed by atoms with Gasteiger partial charge in [0.05, 0.1) is 16.7 Å². The Labute approximate surface area is 197 Å². The molecule has 1 aliphatic rings. The van der Waals surface area contributed by atoms with Crippen LogP contribution in [-0.4, -0.2) is 4.57 Å². The number of hydrogen-bond acceptors (Lipinski definition) is 2. The average Bonchev–Trinajstić information content (AvgIpc) is 3.47. The molecule has 5 aromatic carbocycles. The maximum atomic E-state index is 6.88. The van der Waals surface area contributed by atoms with Gasteiger partial charge in [0, 0.05) is 21.9 Å². The van der Waals surface area contributed by atoms with Crippen LogP contribution in [-0.2, 0) is 5.79 Å². The highest BCUT2D eigenvalue weighted by molar-refractivity contribution is 6.09. The smallest absolute Gasteiger partial charge is 0.305 e. The highest BCUT2D eigenvalue weighted by Crippen LogP contribution is 2.51. The first-order valence-electron chi connectivity index (χ1n) is 11.5. The summed E-state index contributed by atoms with van der Waals surface area (Å²) in [4.78, 5) is 0. The van der Waals surface area contributed by atoms with Gasteiger partial charge in [0.2, 0.25) is 0 Å². The first-order chi connectivity index (χ1) is 16.9. The second-order valence-corrected chi connectivity index (χ2v) is 8.53. The molecule has 2 heterocycles. The van der Waals surface area contributed by atoms with Gasteiger partial charge in [-0.25, -0.2) is 0 Å². The van der Waals surface area contributed by atoms with Crippen LogP contribution in [0.2, 0.25) is 0 Å². The van der Waals surface area contributed by atoms with Crippen molar-refractivity contribution in [1.29, 1.82) is 0 Å². The normalized spacial score (nSPS) is 14.0. The minimum atomic E-state index is -1.06. The van der Waals surface area contributed by atoms with E-state index in [1.807, 2.05) is 48.5 Å². The van der Waals surface area contributed by atoms with Crippen LogP contribution in [0.5, 0.6) is 11.5 Å². The summed E-state index contributed by atoms with van der Waals surface area (Å²) >= 11 is 0. The maximum Gasteiger partial charge on any atom is 0.305 e. The third kappa shape index (κ3) is 2.64. The molecular formula is C31H21NO2. The highest BCUT2D eigenvalue weighted by atomic mass is 16.7. The summed E-state index contributed by atoms with van der Waals surface area (Å²) in [5.74, 6) is 0.411. The molecule has 0 aliphatic carbocycles. The SMILES string of the molecule is c1ccc(C2(c3ccccc3)Oc3cccc(-n4c5ccccc5c5ccccc54)c3O2)cc1. The fraction of sp³-hybridized carbons (Fsp3) is 0.0323. The van der Waals surface area contributed by atoms with Gasteiger partial charge < -0.3 is 14.0 Å². The van der Waals surface area contributed by atoms with Crippen LogP contribution in [0.1, 0.15) is 11.1 Å². The van der Waals surface area contributed by atoms with Crippen LogP contribution in [0.25, 0.3) is 27.5 Å². The zero-order valence-electron chi connectivity index (χ0n) is 18.4. The number of hydrogen-bond donors (Lipinski definition) is 0. The Kier molecular flexibility index (Phi) is 4.06. The molecule has 3 nitrogen and oxygen atoms in total. The number of fused-ring (bicyclic) bond motifs is 4. The van der Waals surface area contributed by atoms with Crippen molar-refractivity contribution in [2.75, 3.05) is 0 Å². The van der Waals surface area contributed by atoms with Crippen LogP contribution < -0.4 is 9.47 Å². The van der Waals surface area contributed by atoms with E-state index in [9.17, 15) is 0 Å². The van der Waals surface area contributed by atoms with Gasteiger partial charge >= 0.3 is 5.79 Å². The molecular weight excluding hydrogens is 418 g/mol. The predicted molar refractivity (Wildman–Crippen MR) is 136 cm³/mol. The van der Waals surface area contributed by atoms with Gasteiger partial charge in [-0.15, -0.1) is 0 Å². The Balaban J connectivity index is 1.49. The Bertz CT molecular complexity index is 1560. The zero-order valence-corrected chi connectivity index (χ0v) is 18.4. The molecule has 7 rings (SSSR count). The highest BCUT2D eigenvalue weighted by Gasteiger charge is 2.46. The summed E-state index contributed by atoms with van der Waals surface area (Å²) < 4.78 is 15.8. The van der Waals surface area contributed by atoms with Gasteiger partial charge in [0.15, 0.2) is 11.5 Å². The number of ether oxygens (including phenoxy) is 2. The average molecular weight is 440 g/mol. The third-order valence-corrected chi connectivity index (χ3v) is 6.59. The molecule has 0 amide bonds. The van der Waals surface area contributed by atoms with Crippen molar-refractivity contribution in [1.82, 2.24) is 4.57 Å². The van der Waals surface area contributed by atoms with Crippen molar-refractivity contribution in [3.8, 4) is 17.2 Å². The molecule has 1 aromatic heterocycles. The molecule has 3 heteroatoms. The van der Waals surface area contributed by atoms with Crippen molar-refractivity contribution in [2.45, 2.75) is 5.79 Å². The van der Waals surface area contributed by atoms with Gasteiger partial charge in [0.25, 0.3) is 0 Å². The van der Waals surface area contributed by atoms with E-state index < -0.39 is 5.79 Å². The molecule has 0 radical (unpaired) electrons. The molecule has 1 aliphatic heterocycles. The fourth-order valence-electron chi connectivity index (χ4n) is 5.08. The molecule has 0 bridgehead atoms. The van der Waals surface area contributed by atoms with Gasteiger partial charge in [-0.1, -0.05) is 103 Å². The Morgan fingerprint density at radius 3 is 1.59 bits per heavy atom. The Morgan fingerprint density at radius 1 is 0.471 bits per heavy atom. The molecule has 0 N–H and O–H groups in total. The van der Waals surface area contributed by atoms with Gasteiger partial charge in [-0.3, -0.25) is 0 Å². The molecule has 34 heavy (non-hydrogen) atoms.